The van der Waals surface area contributed by atoms with Gasteiger partial charge < -0.3 is 15.0 Å². The van der Waals surface area contributed by atoms with Crippen LogP contribution in [0.1, 0.15) is 39.1 Å². The molecule has 1 N–H and O–H groups in total. The Morgan fingerprint density at radius 1 is 1.07 bits per heavy atom. The van der Waals surface area contributed by atoms with Crippen LogP contribution in [0.15, 0.2) is 54.6 Å². The van der Waals surface area contributed by atoms with Crippen LogP contribution < -0.4 is 5.32 Å². The molecule has 1 fully saturated rings. The van der Waals surface area contributed by atoms with Crippen molar-refractivity contribution in [1.29, 1.82) is 0 Å². The van der Waals surface area contributed by atoms with Crippen LogP contribution in [0.5, 0.6) is 0 Å². The van der Waals surface area contributed by atoms with E-state index in [9.17, 15) is 14.4 Å². The number of carbonyl (C=O) groups is 3. The van der Waals surface area contributed by atoms with Gasteiger partial charge in [-0.2, -0.15) is 0 Å². The third kappa shape index (κ3) is 3.18. The highest BCUT2D eigenvalue weighted by atomic mass is 16.6. The predicted molar refractivity (Wildman–Crippen MR) is 98.1 cm³/mol. The Balaban J connectivity index is 1.44. The Hall–Kier alpha value is -3.15. The smallest absolute Gasteiger partial charge is 0.339 e. The number of hydrogen-bond donors (Lipinski definition) is 1. The van der Waals surface area contributed by atoms with E-state index in [0.717, 1.165) is 12.0 Å². The maximum Gasteiger partial charge on any atom is 0.339 e. The van der Waals surface area contributed by atoms with E-state index in [1.54, 1.807) is 35.2 Å². The molecule has 0 saturated carbocycles. The van der Waals surface area contributed by atoms with E-state index in [4.69, 9.17) is 4.74 Å². The molecule has 138 valence electrons. The Bertz CT molecular complexity index is 896. The molecule has 2 heterocycles. The minimum absolute atomic E-state index is 0.0839. The van der Waals surface area contributed by atoms with Crippen molar-refractivity contribution in [2.24, 2.45) is 0 Å². The van der Waals surface area contributed by atoms with Crippen molar-refractivity contribution in [2.75, 3.05) is 19.6 Å². The highest BCUT2D eigenvalue weighted by Gasteiger charge is 2.48. The van der Waals surface area contributed by atoms with Gasteiger partial charge >= 0.3 is 5.97 Å². The number of esters is 1. The average Bonchev–Trinajstić information content (AvgIpc) is 2.98. The zero-order valence-electron chi connectivity index (χ0n) is 14.8. The summed E-state index contributed by atoms with van der Waals surface area (Å²) >= 11 is 0. The molecule has 2 aliphatic heterocycles. The zero-order chi connectivity index (χ0) is 18.9. The van der Waals surface area contributed by atoms with E-state index in [1.807, 2.05) is 24.3 Å². The van der Waals surface area contributed by atoms with Crippen molar-refractivity contribution in [3.8, 4) is 0 Å². The van der Waals surface area contributed by atoms with Gasteiger partial charge in [-0.3, -0.25) is 9.59 Å². The number of nitrogens with zero attached hydrogens (tertiary/aromatic N) is 1. The van der Waals surface area contributed by atoms with Gasteiger partial charge in [-0.05, 0) is 31.0 Å². The molecule has 27 heavy (non-hydrogen) atoms. The minimum atomic E-state index is -0.773. The van der Waals surface area contributed by atoms with Crippen molar-refractivity contribution in [2.45, 2.75) is 18.4 Å². The average molecular weight is 364 g/mol. The van der Waals surface area contributed by atoms with Gasteiger partial charge in [0.25, 0.3) is 5.91 Å². The Morgan fingerprint density at radius 3 is 2.63 bits per heavy atom. The summed E-state index contributed by atoms with van der Waals surface area (Å²) in [4.78, 5) is 38.7. The van der Waals surface area contributed by atoms with Gasteiger partial charge in [0.1, 0.15) is 0 Å². The van der Waals surface area contributed by atoms with E-state index in [0.29, 0.717) is 30.6 Å². The summed E-state index contributed by atoms with van der Waals surface area (Å²) in [6, 6.07) is 16.1. The normalized spacial score (nSPS) is 20.9. The van der Waals surface area contributed by atoms with Crippen LogP contribution in [0.25, 0.3) is 0 Å². The number of rotatable bonds is 3. The quantitative estimate of drug-likeness (QED) is 0.847. The molecule has 0 aromatic heterocycles. The largest absolute Gasteiger partial charge is 0.449 e. The van der Waals surface area contributed by atoms with E-state index < -0.39 is 5.60 Å². The van der Waals surface area contributed by atoms with Crippen molar-refractivity contribution in [1.82, 2.24) is 10.2 Å². The lowest BCUT2D eigenvalue weighted by molar-refractivity contribution is -0.137. The number of fused-ring (bicyclic) bond motifs is 2. The lowest BCUT2D eigenvalue weighted by Gasteiger charge is -2.39. The van der Waals surface area contributed by atoms with Crippen molar-refractivity contribution in [3.63, 3.8) is 0 Å². The molecule has 2 amide bonds. The third-order valence-corrected chi connectivity index (χ3v) is 5.17. The highest BCUT2D eigenvalue weighted by molar-refractivity contribution is 5.97. The maximum absolute atomic E-state index is 12.6. The predicted octanol–water partition coefficient (Wildman–Crippen LogP) is 2.10. The zero-order valence-corrected chi connectivity index (χ0v) is 14.8. The number of amides is 2. The van der Waals surface area contributed by atoms with Crippen LogP contribution in [0.3, 0.4) is 0 Å². The minimum Gasteiger partial charge on any atom is -0.449 e. The molecular weight excluding hydrogens is 344 g/mol. The molecule has 6 nitrogen and oxygen atoms in total. The number of benzene rings is 2. The molecule has 4 rings (SSSR count). The lowest BCUT2D eigenvalue weighted by atomic mass is 9.85. The number of carbonyl (C=O) groups excluding carboxylic acids is 3. The molecule has 2 aromatic carbocycles. The Labute approximate surface area is 157 Å². The van der Waals surface area contributed by atoms with Gasteiger partial charge in [-0.1, -0.05) is 36.4 Å². The summed E-state index contributed by atoms with van der Waals surface area (Å²) in [5.41, 5.74) is 1.16. The number of hydrogen-bond acceptors (Lipinski definition) is 4. The molecular formula is C21H20N2O4. The van der Waals surface area contributed by atoms with Gasteiger partial charge in [0.2, 0.25) is 5.91 Å². The summed E-state index contributed by atoms with van der Waals surface area (Å²) < 4.78 is 5.72. The molecule has 0 aliphatic carbocycles. The topological polar surface area (TPSA) is 75.7 Å². The number of ether oxygens (including phenoxy) is 1. The first-order valence-electron chi connectivity index (χ1n) is 9.03. The fourth-order valence-corrected chi connectivity index (χ4v) is 3.84. The fraction of sp³-hybridized carbons (Fsp3) is 0.286. The Kier molecular flexibility index (Phi) is 4.39. The fourth-order valence-electron chi connectivity index (χ4n) is 3.84. The summed E-state index contributed by atoms with van der Waals surface area (Å²) in [6.07, 6.45) is 1.43. The molecule has 1 unspecified atom stereocenters. The van der Waals surface area contributed by atoms with Crippen LogP contribution in [-0.2, 0) is 15.1 Å². The third-order valence-electron chi connectivity index (χ3n) is 5.17. The lowest BCUT2D eigenvalue weighted by Crippen LogP contribution is -2.51. The van der Waals surface area contributed by atoms with Gasteiger partial charge in [0.15, 0.2) is 5.60 Å². The van der Waals surface area contributed by atoms with Crippen LogP contribution in [-0.4, -0.2) is 42.3 Å². The molecule has 1 spiro atoms. The summed E-state index contributed by atoms with van der Waals surface area (Å²) in [5, 5.41) is 2.67. The molecule has 2 aromatic rings. The van der Waals surface area contributed by atoms with Crippen LogP contribution >= 0.6 is 0 Å². The Morgan fingerprint density at radius 2 is 1.81 bits per heavy atom. The van der Waals surface area contributed by atoms with Gasteiger partial charge in [-0.25, -0.2) is 4.79 Å². The summed E-state index contributed by atoms with van der Waals surface area (Å²) in [6.45, 7) is 0.816. The van der Waals surface area contributed by atoms with Gasteiger partial charge in [0, 0.05) is 17.7 Å². The van der Waals surface area contributed by atoms with E-state index in [-0.39, 0.29) is 24.3 Å². The summed E-state index contributed by atoms with van der Waals surface area (Å²) in [5.74, 6) is -0.802. The molecule has 0 radical (unpaired) electrons. The second-order valence-corrected chi connectivity index (χ2v) is 6.90. The molecule has 1 saturated heterocycles. The molecule has 2 aliphatic rings. The standard InChI is InChI=1S/C21H20N2O4/c24-18(13-22-19(25)15-7-2-1-3-8-15)23-12-6-11-21(14-23)17-10-5-4-9-16(17)20(26)27-21/h1-5,7-10H,6,11-14H2,(H,22,25). The number of nitrogens with one attached hydrogen (secondary N) is 1. The SMILES string of the molecule is O=C(NCC(=O)N1CCCC2(C1)OC(=O)c1ccccc12)c1ccccc1. The first-order chi connectivity index (χ1) is 13.1. The van der Waals surface area contributed by atoms with E-state index in [1.165, 1.54) is 0 Å². The maximum atomic E-state index is 12.6. The van der Waals surface area contributed by atoms with Crippen molar-refractivity contribution >= 4 is 17.8 Å². The number of likely N-dealkylation sites (tertiary alicyclic amines) is 1. The van der Waals surface area contributed by atoms with Crippen LogP contribution in [0, 0.1) is 0 Å². The molecule has 1 atom stereocenters. The van der Waals surface area contributed by atoms with Gasteiger partial charge in [0.05, 0.1) is 18.7 Å². The molecule has 6 heteroatoms. The number of piperidine rings is 1. The first-order valence-corrected chi connectivity index (χ1v) is 9.03. The van der Waals surface area contributed by atoms with Crippen molar-refractivity contribution < 1.29 is 19.1 Å². The van der Waals surface area contributed by atoms with Crippen LogP contribution in [0.4, 0.5) is 0 Å². The van der Waals surface area contributed by atoms with Gasteiger partial charge in [-0.15, -0.1) is 0 Å². The second-order valence-electron chi connectivity index (χ2n) is 6.90. The van der Waals surface area contributed by atoms with E-state index in [2.05, 4.69) is 5.32 Å². The van der Waals surface area contributed by atoms with Crippen molar-refractivity contribution in [3.05, 3.63) is 71.3 Å². The van der Waals surface area contributed by atoms with Crippen LogP contribution in [0.2, 0.25) is 0 Å². The first kappa shape index (κ1) is 17.3. The summed E-state index contributed by atoms with van der Waals surface area (Å²) in [7, 11) is 0. The monoisotopic (exact) mass is 364 g/mol. The molecule has 0 bridgehead atoms. The van der Waals surface area contributed by atoms with E-state index >= 15 is 0 Å². The highest BCUT2D eigenvalue weighted by Crippen LogP contribution is 2.42. The second kappa shape index (κ2) is 6.87.